The number of aromatic hydroxyl groups is 1. The highest BCUT2D eigenvalue weighted by Gasteiger charge is 2.20. The zero-order valence-corrected chi connectivity index (χ0v) is 11.2. The number of nitrogens with zero attached hydrogens (tertiary/aromatic N) is 1. The molecular formula is C13H18ClNO2. The van der Waals surface area contributed by atoms with Crippen molar-refractivity contribution in [1.82, 2.24) is 4.90 Å². The first-order chi connectivity index (χ1) is 8.01. The molecule has 0 heterocycles. The van der Waals surface area contributed by atoms with Gasteiger partial charge in [-0.1, -0.05) is 25.4 Å². The second-order valence-corrected chi connectivity index (χ2v) is 4.46. The van der Waals surface area contributed by atoms with Crippen LogP contribution < -0.4 is 0 Å². The van der Waals surface area contributed by atoms with E-state index < -0.39 is 0 Å². The molecule has 0 saturated carbocycles. The Morgan fingerprint density at radius 3 is 2.53 bits per heavy atom. The fourth-order valence-corrected chi connectivity index (χ4v) is 2.07. The van der Waals surface area contributed by atoms with Gasteiger partial charge in [-0.15, -0.1) is 0 Å². The third-order valence-electron chi connectivity index (χ3n) is 2.99. The van der Waals surface area contributed by atoms with Gasteiger partial charge in [0.15, 0.2) is 0 Å². The van der Waals surface area contributed by atoms with Crippen molar-refractivity contribution in [3.8, 4) is 5.75 Å². The van der Waals surface area contributed by atoms with Crippen LogP contribution in [0.4, 0.5) is 0 Å². The number of halogens is 1. The molecule has 0 fully saturated rings. The summed E-state index contributed by atoms with van der Waals surface area (Å²) in [6.45, 7) is 4.09. The number of carbonyl (C=O) groups excluding carboxylic acids is 1. The molecule has 1 aromatic carbocycles. The van der Waals surface area contributed by atoms with E-state index in [1.165, 1.54) is 18.2 Å². The molecule has 1 amide bonds. The largest absolute Gasteiger partial charge is 0.508 e. The Labute approximate surface area is 107 Å². The van der Waals surface area contributed by atoms with Crippen molar-refractivity contribution in [1.29, 1.82) is 0 Å². The Bertz CT molecular complexity index is 402. The van der Waals surface area contributed by atoms with Gasteiger partial charge in [0.2, 0.25) is 0 Å². The van der Waals surface area contributed by atoms with Crippen LogP contribution in [-0.2, 0) is 0 Å². The molecule has 94 valence electrons. The monoisotopic (exact) mass is 255 g/mol. The predicted octanol–water partition coefficient (Wildman–Crippen LogP) is 3.31. The molecule has 0 aliphatic carbocycles. The lowest BCUT2D eigenvalue weighted by Crippen LogP contribution is -2.36. The summed E-state index contributed by atoms with van der Waals surface area (Å²) in [7, 11) is 1.76. The van der Waals surface area contributed by atoms with E-state index in [1.807, 2.05) is 13.8 Å². The number of amides is 1. The van der Waals surface area contributed by atoms with Crippen molar-refractivity contribution >= 4 is 17.5 Å². The summed E-state index contributed by atoms with van der Waals surface area (Å²) < 4.78 is 0. The minimum absolute atomic E-state index is 0.0516. The van der Waals surface area contributed by atoms with Crippen LogP contribution in [0.5, 0.6) is 5.75 Å². The highest BCUT2D eigenvalue weighted by atomic mass is 35.5. The molecular weight excluding hydrogens is 238 g/mol. The van der Waals surface area contributed by atoms with E-state index in [2.05, 4.69) is 0 Å². The summed E-state index contributed by atoms with van der Waals surface area (Å²) in [5.74, 6) is -0.102. The van der Waals surface area contributed by atoms with Crippen LogP contribution in [0.2, 0.25) is 5.02 Å². The Morgan fingerprint density at radius 2 is 2.00 bits per heavy atom. The SMILES string of the molecule is CCC(CC)N(C)C(=O)c1cc(O)ccc1Cl. The lowest BCUT2D eigenvalue weighted by atomic mass is 10.1. The average molecular weight is 256 g/mol. The molecule has 0 atom stereocenters. The maximum Gasteiger partial charge on any atom is 0.255 e. The van der Waals surface area contributed by atoms with Gasteiger partial charge in [-0.2, -0.15) is 0 Å². The van der Waals surface area contributed by atoms with Crippen LogP contribution >= 0.6 is 11.6 Å². The van der Waals surface area contributed by atoms with Crippen molar-refractivity contribution in [3.63, 3.8) is 0 Å². The lowest BCUT2D eigenvalue weighted by molar-refractivity contribution is 0.0723. The summed E-state index contributed by atoms with van der Waals surface area (Å²) in [5.41, 5.74) is 0.348. The van der Waals surface area contributed by atoms with Crippen molar-refractivity contribution in [2.45, 2.75) is 32.7 Å². The standard InChI is InChI=1S/C13H18ClNO2/c1-4-9(5-2)15(3)13(17)11-8-10(16)6-7-12(11)14/h6-9,16H,4-5H2,1-3H3. The number of phenolic OH excluding ortho intramolecular Hbond substituents is 1. The smallest absolute Gasteiger partial charge is 0.255 e. The van der Waals surface area contributed by atoms with Crippen molar-refractivity contribution in [3.05, 3.63) is 28.8 Å². The molecule has 0 aliphatic rings. The minimum atomic E-state index is -0.153. The molecule has 0 bridgehead atoms. The number of hydrogen-bond donors (Lipinski definition) is 1. The highest BCUT2D eigenvalue weighted by molar-refractivity contribution is 6.33. The molecule has 1 rings (SSSR count). The highest BCUT2D eigenvalue weighted by Crippen LogP contribution is 2.23. The molecule has 17 heavy (non-hydrogen) atoms. The first-order valence-corrected chi connectivity index (χ1v) is 6.14. The van der Waals surface area contributed by atoms with Crippen LogP contribution in [0.3, 0.4) is 0 Å². The molecule has 0 unspecified atom stereocenters. The number of hydrogen-bond acceptors (Lipinski definition) is 2. The van der Waals surface area contributed by atoms with Gasteiger partial charge in [0.1, 0.15) is 5.75 Å². The first kappa shape index (κ1) is 13.8. The number of phenols is 1. The third kappa shape index (κ3) is 3.13. The van der Waals surface area contributed by atoms with Crippen molar-refractivity contribution < 1.29 is 9.90 Å². The van der Waals surface area contributed by atoms with Crippen LogP contribution in [-0.4, -0.2) is 29.0 Å². The van der Waals surface area contributed by atoms with Crippen molar-refractivity contribution in [2.75, 3.05) is 7.05 Å². The summed E-state index contributed by atoms with van der Waals surface area (Å²) in [5, 5.41) is 9.76. The van der Waals surface area contributed by atoms with Crippen LogP contribution in [0.25, 0.3) is 0 Å². The van der Waals surface area contributed by atoms with E-state index >= 15 is 0 Å². The summed E-state index contributed by atoms with van der Waals surface area (Å²) >= 11 is 5.97. The Morgan fingerprint density at radius 1 is 1.41 bits per heavy atom. The van der Waals surface area contributed by atoms with E-state index in [0.717, 1.165) is 12.8 Å². The van der Waals surface area contributed by atoms with Gasteiger partial charge >= 0.3 is 0 Å². The van der Waals surface area contributed by atoms with Crippen LogP contribution in [0, 0.1) is 0 Å². The lowest BCUT2D eigenvalue weighted by Gasteiger charge is -2.26. The summed E-state index contributed by atoms with van der Waals surface area (Å²) in [4.78, 5) is 13.9. The average Bonchev–Trinajstić information content (AvgIpc) is 2.32. The Kier molecular flexibility index (Phi) is 4.82. The summed E-state index contributed by atoms with van der Waals surface area (Å²) in [6.07, 6.45) is 1.80. The van der Waals surface area contributed by atoms with E-state index in [-0.39, 0.29) is 17.7 Å². The number of carbonyl (C=O) groups is 1. The number of benzene rings is 1. The van der Waals surface area contributed by atoms with Gasteiger partial charge in [0.25, 0.3) is 5.91 Å². The van der Waals surface area contributed by atoms with Crippen LogP contribution in [0.15, 0.2) is 18.2 Å². The number of rotatable bonds is 4. The van der Waals surface area contributed by atoms with Crippen molar-refractivity contribution in [2.24, 2.45) is 0 Å². The molecule has 0 aromatic heterocycles. The quantitative estimate of drug-likeness (QED) is 0.897. The van der Waals surface area contributed by atoms with E-state index in [0.29, 0.717) is 10.6 Å². The zero-order chi connectivity index (χ0) is 13.0. The molecule has 0 spiro atoms. The van der Waals surface area contributed by atoms with Gasteiger partial charge in [-0.3, -0.25) is 4.79 Å². The normalized spacial score (nSPS) is 10.6. The molecule has 1 aromatic rings. The maximum atomic E-state index is 12.2. The molecule has 4 heteroatoms. The van der Waals surface area contributed by atoms with Gasteiger partial charge in [0, 0.05) is 13.1 Å². The predicted molar refractivity (Wildman–Crippen MR) is 69.6 cm³/mol. The first-order valence-electron chi connectivity index (χ1n) is 5.76. The topological polar surface area (TPSA) is 40.5 Å². The Hall–Kier alpha value is -1.22. The maximum absolute atomic E-state index is 12.2. The van der Waals surface area contributed by atoms with Gasteiger partial charge in [-0.05, 0) is 31.0 Å². The van der Waals surface area contributed by atoms with Gasteiger partial charge in [-0.25, -0.2) is 0 Å². The zero-order valence-electron chi connectivity index (χ0n) is 10.4. The minimum Gasteiger partial charge on any atom is -0.508 e. The van der Waals surface area contributed by atoms with E-state index in [4.69, 9.17) is 11.6 Å². The molecule has 0 saturated heterocycles. The van der Waals surface area contributed by atoms with Crippen LogP contribution in [0.1, 0.15) is 37.0 Å². The Balaban J connectivity index is 2.99. The molecule has 0 radical (unpaired) electrons. The van der Waals surface area contributed by atoms with E-state index in [9.17, 15) is 9.90 Å². The second-order valence-electron chi connectivity index (χ2n) is 4.05. The fraction of sp³-hybridized carbons (Fsp3) is 0.462. The molecule has 1 N–H and O–H groups in total. The molecule has 0 aliphatic heterocycles. The second kappa shape index (κ2) is 5.92. The van der Waals surface area contributed by atoms with Gasteiger partial charge in [0.05, 0.1) is 10.6 Å². The fourth-order valence-electron chi connectivity index (χ4n) is 1.87. The summed E-state index contributed by atoms with van der Waals surface area (Å²) in [6, 6.07) is 4.60. The van der Waals surface area contributed by atoms with E-state index in [1.54, 1.807) is 11.9 Å². The third-order valence-corrected chi connectivity index (χ3v) is 3.32. The molecule has 3 nitrogen and oxygen atoms in total. The van der Waals surface area contributed by atoms with Gasteiger partial charge < -0.3 is 10.0 Å².